The SMILES string of the molecule is CC1(C)[C@@H]2CC[C@@]1(C)[C@H](NC(=O)CCc1c[nH]c3ccccc13)C2. The second-order valence-electron chi connectivity index (χ2n) is 8.59. The number of aromatic amines is 1. The molecule has 1 heterocycles. The number of aromatic nitrogens is 1. The minimum Gasteiger partial charge on any atom is -0.361 e. The molecule has 2 saturated carbocycles. The molecule has 1 aromatic heterocycles. The number of para-hydroxylation sites is 1. The Kier molecular flexibility index (Phi) is 3.52. The first-order valence-corrected chi connectivity index (χ1v) is 9.26. The number of amides is 1. The summed E-state index contributed by atoms with van der Waals surface area (Å²) in [6, 6.07) is 8.64. The van der Waals surface area contributed by atoms with Gasteiger partial charge in [0.05, 0.1) is 0 Å². The molecule has 1 aromatic carbocycles. The van der Waals surface area contributed by atoms with E-state index in [1.807, 2.05) is 12.3 Å². The van der Waals surface area contributed by atoms with E-state index >= 15 is 0 Å². The van der Waals surface area contributed by atoms with E-state index in [0.29, 0.717) is 17.9 Å². The van der Waals surface area contributed by atoms with Gasteiger partial charge in [0.25, 0.3) is 0 Å². The number of benzene rings is 1. The summed E-state index contributed by atoms with van der Waals surface area (Å²) in [4.78, 5) is 15.8. The van der Waals surface area contributed by atoms with Crippen molar-refractivity contribution in [3.8, 4) is 0 Å². The summed E-state index contributed by atoms with van der Waals surface area (Å²) in [5.74, 6) is 0.969. The van der Waals surface area contributed by atoms with E-state index in [0.717, 1.165) is 24.3 Å². The van der Waals surface area contributed by atoms with Crippen LogP contribution in [-0.2, 0) is 11.2 Å². The Morgan fingerprint density at radius 2 is 2.08 bits per heavy atom. The van der Waals surface area contributed by atoms with Gasteiger partial charge in [0, 0.05) is 29.6 Å². The van der Waals surface area contributed by atoms with E-state index in [9.17, 15) is 4.79 Å². The van der Waals surface area contributed by atoms with Crippen molar-refractivity contribution in [2.75, 3.05) is 0 Å². The van der Waals surface area contributed by atoms with Gasteiger partial charge in [-0.3, -0.25) is 4.79 Å². The first kappa shape index (κ1) is 15.7. The molecule has 0 aliphatic heterocycles. The third-order valence-electron chi connectivity index (χ3n) is 7.43. The third kappa shape index (κ3) is 2.21. The van der Waals surface area contributed by atoms with E-state index < -0.39 is 0 Å². The average Bonchev–Trinajstić information content (AvgIpc) is 3.12. The van der Waals surface area contributed by atoms with Crippen molar-refractivity contribution in [3.05, 3.63) is 36.0 Å². The highest BCUT2D eigenvalue weighted by Crippen LogP contribution is 2.65. The van der Waals surface area contributed by atoms with Gasteiger partial charge in [0.1, 0.15) is 0 Å². The molecule has 3 nitrogen and oxygen atoms in total. The summed E-state index contributed by atoms with van der Waals surface area (Å²) in [5, 5.41) is 4.60. The number of rotatable bonds is 4. The summed E-state index contributed by atoms with van der Waals surface area (Å²) in [6.45, 7) is 7.16. The quantitative estimate of drug-likeness (QED) is 0.858. The van der Waals surface area contributed by atoms with Crippen molar-refractivity contribution < 1.29 is 4.79 Å². The highest BCUT2D eigenvalue weighted by molar-refractivity contribution is 5.84. The number of hydrogen-bond donors (Lipinski definition) is 2. The average molecular weight is 324 g/mol. The largest absolute Gasteiger partial charge is 0.361 e. The van der Waals surface area contributed by atoms with Gasteiger partial charge in [0.15, 0.2) is 0 Å². The number of nitrogens with one attached hydrogen (secondary N) is 2. The van der Waals surface area contributed by atoms with Crippen molar-refractivity contribution in [1.29, 1.82) is 0 Å². The molecular formula is C21H28N2O. The molecule has 2 bridgehead atoms. The zero-order valence-electron chi connectivity index (χ0n) is 15.0. The van der Waals surface area contributed by atoms with Gasteiger partial charge in [0.2, 0.25) is 5.91 Å². The van der Waals surface area contributed by atoms with Crippen molar-refractivity contribution in [2.45, 2.75) is 58.9 Å². The molecule has 0 radical (unpaired) electrons. The Labute approximate surface area is 144 Å². The molecule has 4 rings (SSSR count). The maximum atomic E-state index is 12.5. The lowest BCUT2D eigenvalue weighted by molar-refractivity contribution is -0.122. The first-order chi connectivity index (χ1) is 11.4. The molecule has 0 unspecified atom stereocenters. The summed E-state index contributed by atoms with van der Waals surface area (Å²) in [5.41, 5.74) is 2.99. The van der Waals surface area contributed by atoms with Crippen molar-refractivity contribution >= 4 is 16.8 Å². The molecule has 0 spiro atoms. The zero-order chi connectivity index (χ0) is 16.9. The number of carbonyl (C=O) groups is 1. The summed E-state index contributed by atoms with van der Waals surface area (Å²) in [6.07, 6.45) is 7.14. The number of fused-ring (bicyclic) bond motifs is 3. The van der Waals surface area contributed by atoms with Crippen molar-refractivity contribution in [3.63, 3.8) is 0 Å². The third-order valence-corrected chi connectivity index (χ3v) is 7.43. The van der Waals surface area contributed by atoms with Crippen LogP contribution >= 0.6 is 0 Å². The molecule has 2 N–H and O–H groups in total. The lowest BCUT2D eigenvalue weighted by Gasteiger charge is -2.39. The van der Waals surface area contributed by atoms with Gasteiger partial charge in [-0.1, -0.05) is 39.0 Å². The first-order valence-electron chi connectivity index (χ1n) is 9.26. The molecule has 3 heteroatoms. The topological polar surface area (TPSA) is 44.9 Å². The number of H-pyrrole nitrogens is 1. The Balaban J connectivity index is 1.40. The number of hydrogen-bond acceptors (Lipinski definition) is 1. The molecule has 0 saturated heterocycles. The van der Waals surface area contributed by atoms with Crippen LogP contribution in [0, 0.1) is 16.7 Å². The molecule has 128 valence electrons. The molecule has 2 aliphatic rings. The fourth-order valence-corrected chi connectivity index (χ4v) is 5.28. The van der Waals surface area contributed by atoms with Gasteiger partial charge in [-0.25, -0.2) is 0 Å². The molecule has 2 aliphatic carbocycles. The standard InChI is InChI=1S/C21H28N2O/c1-20(2)15-10-11-21(20,3)18(12-15)23-19(24)9-8-14-13-22-17-7-5-4-6-16(14)17/h4-7,13,15,18,22H,8-12H2,1-3H3,(H,23,24)/t15-,18-,21+/m1/s1. The lowest BCUT2D eigenvalue weighted by atomic mass is 9.69. The Morgan fingerprint density at radius 1 is 1.29 bits per heavy atom. The fraction of sp³-hybridized carbons (Fsp3) is 0.571. The number of aryl methyl sites for hydroxylation is 1. The molecule has 24 heavy (non-hydrogen) atoms. The van der Waals surface area contributed by atoms with Crippen LogP contribution in [0.15, 0.2) is 30.5 Å². The fourth-order valence-electron chi connectivity index (χ4n) is 5.28. The maximum Gasteiger partial charge on any atom is 0.220 e. The summed E-state index contributed by atoms with van der Waals surface area (Å²) in [7, 11) is 0. The van der Waals surface area contributed by atoms with Crippen LogP contribution in [0.1, 0.15) is 52.0 Å². The van der Waals surface area contributed by atoms with E-state index in [-0.39, 0.29) is 11.3 Å². The van der Waals surface area contributed by atoms with Crippen LogP contribution in [0.25, 0.3) is 10.9 Å². The van der Waals surface area contributed by atoms with Crippen LogP contribution in [0.3, 0.4) is 0 Å². The Morgan fingerprint density at radius 3 is 2.79 bits per heavy atom. The number of carbonyl (C=O) groups excluding carboxylic acids is 1. The van der Waals surface area contributed by atoms with E-state index in [4.69, 9.17) is 0 Å². The van der Waals surface area contributed by atoms with Crippen molar-refractivity contribution in [1.82, 2.24) is 10.3 Å². The normalized spacial score (nSPS) is 30.8. The predicted molar refractivity (Wildman–Crippen MR) is 97.8 cm³/mol. The molecule has 1 amide bonds. The second kappa shape index (κ2) is 5.37. The predicted octanol–water partition coefficient (Wildman–Crippen LogP) is 4.43. The van der Waals surface area contributed by atoms with Gasteiger partial charge < -0.3 is 10.3 Å². The van der Waals surface area contributed by atoms with E-state index in [2.05, 4.69) is 49.3 Å². The summed E-state index contributed by atoms with van der Waals surface area (Å²) < 4.78 is 0. The molecule has 3 atom stereocenters. The van der Waals surface area contributed by atoms with Crippen molar-refractivity contribution in [2.24, 2.45) is 16.7 Å². The molecule has 2 aromatic rings. The van der Waals surface area contributed by atoms with Gasteiger partial charge in [-0.15, -0.1) is 0 Å². The highest BCUT2D eigenvalue weighted by atomic mass is 16.1. The van der Waals surface area contributed by atoms with Crippen LogP contribution in [0.4, 0.5) is 0 Å². The minimum absolute atomic E-state index is 0.204. The second-order valence-corrected chi connectivity index (χ2v) is 8.59. The smallest absolute Gasteiger partial charge is 0.220 e. The van der Waals surface area contributed by atoms with Gasteiger partial charge in [-0.05, 0) is 54.1 Å². The van der Waals surface area contributed by atoms with Crippen LogP contribution < -0.4 is 5.32 Å². The van der Waals surface area contributed by atoms with E-state index in [1.165, 1.54) is 23.8 Å². The zero-order valence-corrected chi connectivity index (χ0v) is 15.0. The monoisotopic (exact) mass is 324 g/mol. The van der Waals surface area contributed by atoms with Gasteiger partial charge in [-0.2, -0.15) is 0 Å². The van der Waals surface area contributed by atoms with Crippen LogP contribution in [0.5, 0.6) is 0 Å². The maximum absolute atomic E-state index is 12.5. The molecular weight excluding hydrogens is 296 g/mol. The molecule has 2 fully saturated rings. The van der Waals surface area contributed by atoms with Gasteiger partial charge >= 0.3 is 0 Å². The minimum atomic E-state index is 0.204. The van der Waals surface area contributed by atoms with Crippen LogP contribution in [0.2, 0.25) is 0 Å². The highest BCUT2D eigenvalue weighted by Gasteiger charge is 2.61. The lowest BCUT2D eigenvalue weighted by Crippen LogP contribution is -2.46. The van der Waals surface area contributed by atoms with E-state index in [1.54, 1.807) is 0 Å². The van der Waals surface area contributed by atoms with Crippen LogP contribution in [-0.4, -0.2) is 16.9 Å². The summed E-state index contributed by atoms with van der Waals surface area (Å²) >= 11 is 0. The Hall–Kier alpha value is -1.77. The Bertz CT molecular complexity index is 775.